The van der Waals surface area contributed by atoms with Gasteiger partial charge in [-0.15, -0.1) is 10.2 Å². The van der Waals surface area contributed by atoms with Crippen LogP contribution in [0, 0.1) is 0 Å². The molecule has 1 atom stereocenters. The SMILES string of the molecule is CCCCCCC(C)(C)c1ccc(-c2nnc(-c3ccc4c(c3)-c3cccc[n+]3C(C)(CC)CC4)o2)cc1. The third-order valence-corrected chi connectivity index (χ3v) is 8.76. The van der Waals surface area contributed by atoms with E-state index in [-0.39, 0.29) is 11.0 Å². The van der Waals surface area contributed by atoms with E-state index in [4.69, 9.17) is 4.42 Å². The molecule has 0 saturated carbocycles. The minimum atomic E-state index is 0.101. The molecule has 0 radical (unpaired) electrons. The monoisotopic (exact) mass is 508 g/mol. The van der Waals surface area contributed by atoms with Crippen LogP contribution in [0.2, 0.25) is 0 Å². The number of pyridine rings is 1. The minimum absolute atomic E-state index is 0.101. The van der Waals surface area contributed by atoms with E-state index in [1.165, 1.54) is 54.5 Å². The summed E-state index contributed by atoms with van der Waals surface area (Å²) in [4.78, 5) is 0. The van der Waals surface area contributed by atoms with Crippen LogP contribution in [-0.4, -0.2) is 10.2 Å². The maximum Gasteiger partial charge on any atom is 0.248 e. The number of fused-ring (bicyclic) bond motifs is 3. The molecule has 3 heterocycles. The highest BCUT2D eigenvalue weighted by Crippen LogP contribution is 2.36. The van der Waals surface area contributed by atoms with E-state index in [0.717, 1.165) is 30.4 Å². The molecule has 5 rings (SSSR count). The molecule has 1 unspecified atom stereocenters. The predicted octanol–water partition coefficient (Wildman–Crippen LogP) is 8.68. The van der Waals surface area contributed by atoms with Crippen molar-refractivity contribution in [3.05, 3.63) is 78.0 Å². The van der Waals surface area contributed by atoms with Crippen LogP contribution in [0.5, 0.6) is 0 Å². The first-order chi connectivity index (χ1) is 18.3. The molecule has 198 valence electrons. The van der Waals surface area contributed by atoms with Crippen molar-refractivity contribution < 1.29 is 8.98 Å². The van der Waals surface area contributed by atoms with Crippen LogP contribution in [-0.2, 0) is 17.4 Å². The Bertz CT molecular complexity index is 1390. The third kappa shape index (κ3) is 5.18. The normalized spacial score (nSPS) is 17.1. The van der Waals surface area contributed by atoms with Crippen molar-refractivity contribution in [2.75, 3.05) is 0 Å². The number of benzene rings is 2. The van der Waals surface area contributed by atoms with Gasteiger partial charge in [-0.3, -0.25) is 0 Å². The Morgan fingerprint density at radius 1 is 0.895 bits per heavy atom. The van der Waals surface area contributed by atoms with Gasteiger partial charge >= 0.3 is 0 Å². The van der Waals surface area contributed by atoms with Crippen molar-refractivity contribution in [3.8, 4) is 34.2 Å². The zero-order valence-corrected chi connectivity index (χ0v) is 23.8. The molecular formula is C34H42N3O+. The van der Waals surface area contributed by atoms with Crippen molar-refractivity contribution in [1.29, 1.82) is 0 Å². The zero-order chi connectivity index (χ0) is 26.8. The second-order valence-corrected chi connectivity index (χ2v) is 11.9. The Balaban J connectivity index is 1.40. The van der Waals surface area contributed by atoms with Gasteiger partial charge in [-0.25, -0.2) is 0 Å². The van der Waals surface area contributed by atoms with Gasteiger partial charge in [0.1, 0.15) is 0 Å². The Morgan fingerprint density at radius 2 is 1.63 bits per heavy atom. The molecule has 38 heavy (non-hydrogen) atoms. The fraction of sp³-hybridized carbons (Fsp3) is 0.441. The summed E-state index contributed by atoms with van der Waals surface area (Å²) in [6, 6.07) is 21.8. The molecule has 0 bridgehead atoms. The van der Waals surface area contributed by atoms with Gasteiger partial charge in [0.25, 0.3) is 0 Å². The van der Waals surface area contributed by atoms with E-state index >= 15 is 0 Å². The summed E-state index contributed by atoms with van der Waals surface area (Å²) in [6.45, 7) is 11.6. The maximum absolute atomic E-state index is 6.22. The zero-order valence-electron chi connectivity index (χ0n) is 23.8. The van der Waals surface area contributed by atoms with E-state index in [9.17, 15) is 0 Å². The largest absolute Gasteiger partial charge is 0.416 e. The van der Waals surface area contributed by atoms with Crippen LogP contribution in [0.1, 0.15) is 90.7 Å². The number of unbranched alkanes of at least 4 members (excludes halogenated alkanes) is 3. The van der Waals surface area contributed by atoms with Crippen LogP contribution in [0.15, 0.2) is 71.3 Å². The molecule has 1 aliphatic heterocycles. The van der Waals surface area contributed by atoms with Gasteiger partial charge in [0.05, 0.1) is 5.56 Å². The van der Waals surface area contributed by atoms with Crippen molar-refractivity contribution in [2.24, 2.45) is 0 Å². The highest BCUT2D eigenvalue weighted by Gasteiger charge is 2.38. The van der Waals surface area contributed by atoms with Gasteiger partial charge in [0.2, 0.25) is 17.5 Å². The average Bonchev–Trinajstić information content (AvgIpc) is 3.40. The maximum atomic E-state index is 6.22. The fourth-order valence-electron chi connectivity index (χ4n) is 5.83. The molecule has 4 nitrogen and oxygen atoms in total. The molecule has 1 aliphatic rings. The van der Waals surface area contributed by atoms with E-state index in [0.29, 0.717) is 11.8 Å². The van der Waals surface area contributed by atoms with Crippen LogP contribution in [0.4, 0.5) is 0 Å². The molecule has 2 aromatic heterocycles. The molecule has 0 aliphatic carbocycles. The number of nitrogens with zero attached hydrogens (tertiary/aromatic N) is 3. The fourth-order valence-corrected chi connectivity index (χ4v) is 5.83. The number of aromatic nitrogens is 3. The molecule has 2 aromatic carbocycles. The van der Waals surface area contributed by atoms with Crippen LogP contribution in [0.25, 0.3) is 34.2 Å². The lowest BCUT2D eigenvalue weighted by atomic mass is 9.80. The molecule has 4 aromatic rings. The summed E-state index contributed by atoms with van der Waals surface area (Å²) in [5.74, 6) is 1.13. The number of hydrogen-bond acceptors (Lipinski definition) is 3. The second kappa shape index (κ2) is 10.8. The summed E-state index contributed by atoms with van der Waals surface area (Å²) < 4.78 is 8.67. The first-order valence-corrected chi connectivity index (χ1v) is 14.4. The molecule has 4 heteroatoms. The Morgan fingerprint density at radius 3 is 2.37 bits per heavy atom. The molecule has 0 amide bonds. The molecule has 0 saturated heterocycles. The molecule has 0 N–H and O–H groups in total. The lowest BCUT2D eigenvalue weighted by Crippen LogP contribution is -2.54. The second-order valence-electron chi connectivity index (χ2n) is 11.9. The van der Waals surface area contributed by atoms with Crippen LogP contribution < -0.4 is 4.57 Å². The van der Waals surface area contributed by atoms with E-state index in [1.54, 1.807) is 0 Å². The minimum Gasteiger partial charge on any atom is -0.416 e. The van der Waals surface area contributed by atoms with E-state index in [1.807, 2.05) is 0 Å². The molecule has 0 fully saturated rings. The van der Waals surface area contributed by atoms with Crippen molar-refractivity contribution >= 4 is 0 Å². The summed E-state index contributed by atoms with van der Waals surface area (Å²) in [5, 5.41) is 8.86. The molecular weight excluding hydrogens is 466 g/mol. The number of rotatable bonds is 9. The Hall–Kier alpha value is -3.27. The lowest BCUT2D eigenvalue weighted by Gasteiger charge is -2.25. The van der Waals surface area contributed by atoms with Crippen molar-refractivity contribution in [3.63, 3.8) is 0 Å². The predicted molar refractivity (Wildman–Crippen MR) is 155 cm³/mol. The lowest BCUT2D eigenvalue weighted by molar-refractivity contribution is -0.752. The quantitative estimate of drug-likeness (QED) is 0.168. The van der Waals surface area contributed by atoms with E-state index in [2.05, 4.69) is 116 Å². The average molecular weight is 509 g/mol. The first-order valence-electron chi connectivity index (χ1n) is 14.4. The van der Waals surface area contributed by atoms with Gasteiger partial charge in [-0.05, 0) is 59.7 Å². The van der Waals surface area contributed by atoms with Gasteiger partial charge in [0, 0.05) is 43.0 Å². The summed E-state index contributed by atoms with van der Waals surface area (Å²) >= 11 is 0. The van der Waals surface area contributed by atoms with Gasteiger partial charge < -0.3 is 4.42 Å². The Labute approximate surface area is 228 Å². The van der Waals surface area contributed by atoms with Gasteiger partial charge in [0.15, 0.2) is 11.7 Å². The third-order valence-electron chi connectivity index (χ3n) is 8.76. The highest BCUT2D eigenvalue weighted by molar-refractivity contribution is 5.70. The summed E-state index contributed by atoms with van der Waals surface area (Å²) in [5.41, 5.74) is 7.42. The van der Waals surface area contributed by atoms with Crippen LogP contribution >= 0.6 is 0 Å². The smallest absolute Gasteiger partial charge is 0.248 e. The number of aryl methyl sites for hydroxylation is 1. The Kier molecular flexibility index (Phi) is 7.52. The molecule has 0 spiro atoms. The van der Waals surface area contributed by atoms with E-state index < -0.39 is 0 Å². The first kappa shape index (κ1) is 26.3. The van der Waals surface area contributed by atoms with Crippen molar-refractivity contribution in [1.82, 2.24) is 10.2 Å². The highest BCUT2D eigenvalue weighted by atomic mass is 16.4. The van der Waals surface area contributed by atoms with Crippen LogP contribution in [0.3, 0.4) is 0 Å². The summed E-state index contributed by atoms with van der Waals surface area (Å²) in [6.07, 6.45) is 11.9. The van der Waals surface area contributed by atoms with Gasteiger partial charge in [-0.1, -0.05) is 71.6 Å². The topological polar surface area (TPSA) is 42.8 Å². The number of hydrogen-bond donors (Lipinski definition) is 0. The standard InChI is InChI=1S/C34H42N3O/c1-6-8-9-11-21-33(3,4)28-18-16-26(17-19-28)31-35-36-32(38-31)27-15-14-25-20-22-34(5,7-2)37-23-12-10-13-30(37)29(25)24-27/h10,12-19,23-24H,6-9,11,20-22H2,1-5H3/q+1. The van der Waals surface area contributed by atoms with Gasteiger partial charge in [-0.2, -0.15) is 4.57 Å². The summed E-state index contributed by atoms with van der Waals surface area (Å²) in [7, 11) is 0. The van der Waals surface area contributed by atoms with Crippen molar-refractivity contribution in [2.45, 2.75) is 96.9 Å².